The van der Waals surface area contributed by atoms with Crippen LogP contribution in [0.25, 0.3) is 0 Å². The molecule has 2 aliphatic rings. The lowest BCUT2D eigenvalue weighted by atomic mass is 9.95. The van der Waals surface area contributed by atoms with Crippen molar-refractivity contribution in [2.75, 3.05) is 37.3 Å². The maximum absolute atomic E-state index is 14.0. The van der Waals surface area contributed by atoms with Crippen LogP contribution in [0.1, 0.15) is 11.1 Å². The summed E-state index contributed by atoms with van der Waals surface area (Å²) in [5.41, 5.74) is 7.01. The standard InChI is InChI=1S/C26H29N7O2S2/c1-20(31(3)18-28)14-32-16-24(12-23-11-22(13-27)6-7-25(23)32)33(15-21-5-4-9-36-10-8-21)37(34,35)26-17-30(2)19-29-26/h4-7,10-11,17-19,24,28H,1,9,12,14-16H2,2-3H3. The molecule has 1 atom stereocenters. The fourth-order valence-corrected chi connectivity index (χ4v) is 6.44. The van der Waals surface area contributed by atoms with Crippen molar-refractivity contribution in [3.8, 4) is 6.07 Å². The highest BCUT2D eigenvalue weighted by atomic mass is 32.2. The van der Waals surface area contributed by atoms with Gasteiger partial charge in [0.2, 0.25) is 0 Å². The van der Waals surface area contributed by atoms with Crippen LogP contribution in [0.2, 0.25) is 0 Å². The van der Waals surface area contributed by atoms with E-state index in [2.05, 4.69) is 28.3 Å². The van der Waals surface area contributed by atoms with Gasteiger partial charge in [0.1, 0.15) is 0 Å². The summed E-state index contributed by atoms with van der Waals surface area (Å²) in [4.78, 5) is 7.85. The zero-order valence-electron chi connectivity index (χ0n) is 20.8. The van der Waals surface area contributed by atoms with Gasteiger partial charge in [0, 0.05) is 67.5 Å². The Morgan fingerprint density at radius 2 is 2.27 bits per heavy atom. The Bertz CT molecular complexity index is 1450. The Labute approximate surface area is 222 Å². The molecule has 1 aromatic heterocycles. The number of aryl methyl sites for hydroxylation is 1. The summed E-state index contributed by atoms with van der Waals surface area (Å²) in [7, 11) is -0.467. The highest BCUT2D eigenvalue weighted by Crippen LogP contribution is 2.33. The quantitative estimate of drug-likeness (QED) is 0.299. The number of hydrogen-bond donors (Lipinski definition) is 1. The summed E-state index contributed by atoms with van der Waals surface area (Å²) in [5.74, 6) is 0.799. The van der Waals surface area contributed by atoms with Gasteiger partial charge in [-0.3, -0.25) is 5.41 Å². The predicted octanol–water partition coefficient (Wildman–Crippen LogP) is 3.11. The number of rotatable bonds is 9. The summed E-state index contributed by atoms with van der Waals surface area (Å²) < 4.78 is 31.1. The molecule has 0 amide bonds. The lowest BCUT2D eigenvalue weighted by Gasteiger charge is -2.41. The van der Waals surface area contributed by atoms with Crippen LogP contribution >= 0.6 is 11.8 Å². The number of imidazole rings is 1. The molecule has 9 nitrogen and oxygen atoms in total. The molecule has 0 fully saturated rings. The third-order valence-corrected chi connectivity index (χ3v) is 8.78. The molecule has 1 aromatic carbocycles. The smallest absolute Gasteiger partial charge is 0.262 e. The molecule has 0 aliphatic carbocycles. The van der Waals surface area contributed by atoms with Crippen LogP contribution in [0.4, 0.5) is 5.69 Å². The Balaban J connectivity index is 1.78. The van der Waals surface area contributed by atoms with E-state index < -0.39 is 16.1 Å². The van der Waals surface area contributed by atoms with Crippen LogP contribution in [0.5, 0.6) is 0 Å². The number of aromatic nitrogens is 2. The van der Waals surface area contributed by atoms with E-state index >= 15 is 0 Å². The van der Waals surface area contributed by atoms with Gasteiger partial charge in [-0.15, -0.1) is 17.5 Å². The molecule has 0 spiro atoms. The molecule has 1 N–H and O–H groups in total. The van der Waals surface area contributed by atoms with Gasteiger partial charge in [-0.25, -0.2) is 13.4 Å². The zero-order valence-corrected chi connectivity index (χ0v) is 22.5. The van der Waals surface area contributed by atoms with E-state index in [1.54, 1.807) is 41.4 Å². The van der Waals surface area contributed by atoms with Crippen molar-refractivity contribution in [3.05, 3.63) is 83.0 Å². The van der Waals surface area contributed by atoms with Crippen molar-refractivity contribution in [1.29, 1.82) is 10.7 Å². The lowest BCUT2D eigenvalue weighted by molar-refractivity contribution is 0.328. The molecule has 0 saturated heterocycles. The molecular weight excluding hydrogens is 506 g/mol. The number of hydrogen-bond acceptors (Lipinski definition) is 7. The summed E-state index contributed by atoms with van der Waals surface area (Å²) in [6.07, 6.45) is 8.54. The minimum absolute atomic E-state index is 0.0115. The van der Waals surface area contributed by atoms with Gasteiger partial charge >= 0.3 is 0 Å². The largest absolute Gasteiger partial charge is 0.364 e. The van der Waals surface area contributed by atoms with Crippen molar-refractivity contribution in [3.63, 3.8) is 0 Å². The Hall–Kier alpha value is -3.55. The SMILES string of the molecule is C=C(CN1CC(N(CC2=C=CSCC=C2)S(=O)(=O)c2cn(C)cn2)Cc2cc(C#N)ccc21)N(C)C=N. The second-order valence-electron chi connectivity index (χ2n) is 8.95. The summed E-state index contributed by atoms with van der Waals surface area (Å²) in [6, 6.07) is 7.24. The summed E-state index contributed by atoms with van der Waals surface area (Å²) in [6.45, 7) is 5.05. The number of nitriles is 1. The Morgan fingerprint density at radius 3 is 2.97 bits per heavy atom. The van der Waals surface area contributed by atoms with E-state index in [9.17, 15) is 13.7 Å². The van der Waals surface area contributed by atoms with Crippen molar-refractivity contribution >= 4 is 33.8 Å². The van der Waals surface area contributed by atoms with Crippen LogP contribution < -0.4 is 4.90 Å². The molecule has 0 radical (unpaired) electrons. The fraction of sp³-hybridized carbons (Fsp3) is 0.308. The molecule has 4 rings (SSSR count). The van der Waals surface area contributed by atoms with Gasteiger partial charge in [-0.1, -0.05) is 18.7 Å². The van der Waals surface area contributed by atoms with Gasteiger partial charge in [-0.2, -0.15) is 9.57 Å². The average Bonchev–Trinajstić information content (AvgIpc) is 3.17. The van der Waals surface area contributed by atoms with E-state index in [0.29, 0.717) is 30.8 Å². The van der Waals surface area contributed by atoms with Crippen LogP contribution in [0.3, 0.4) is 0 Å². The van der Waals surface area contributed by atoms with Crippen LogP contribution in [-0.4, -0.2) is 72.0 Å². The minimum Gasteiger partial charge on any atom is -0.364 e. The second-order valence-corrected chi connectivity index (χ2v) is 11.7. The first-order valence-corrected chi connectivity index (χ1v) is 14.1. The predicted molar refractivity (Wildman–Crippen MR) is 147 cm³/mol. The van der Waals surface area contributed by atoms with Gasteiger partial charge < -0.3 is 14.4 Å². The van der Waals surface area contributed by atoms with Crippen LogP contribution in [-0.2, 0) is 23.5 Å². The highest BCUT2D eigenvalue weighted by Gasteiger charge is 2.38. The van der Waals surface area contributed by atoms with Crippen molar-refractivity contribution in [2.24, 2.45) is 7.05 Å². The minimum atomic E-state index is -3.96. The Morgan fingerprint density at radius 1 is 1.46 bits per heavy atom. The first kappa shape index (κ1) is 26.5. The average molecular weight is 536 g/mol. The molecule has 37 heavy (non-hydrogen) atoms. The molecule has 3 heterocycles. The molecule has 0 bridgehead atoms. The number of thioether (sulfide) groups is 1. The number of anilines is 1. The molecule has 192 valence electrons. The third kappa shape index (κ3) is 5.89. The topological polar surface area (TPSA) is 109 Å². The maximum atomic E-state index is 14.0. The molecule has 2 aromatic rings. The van der Waals surface area contributed by atoms with Crippen molar-refractivity contribution in [2.45, 2.75) is 17.5 Å². The summed E-state index contributed by atoms with van der Waals surface area (Å²) >= 11 is 1.60. The monoisotopic (exact) mass is 535 g/mol. The zero-order chi connectivity index (χ0) is 26.6. The molecule has 11 heteroatoms. The highest BCUT2D eigenvalue weighted by molar-refractivity contribution is 8.02. The van der Waals surface area contributed by atoms with E-state index in [-0.39, 0.29) is 11.6 Å². The summed E-state index contributed by atoms with van der Waals surface area (Å²) in [5, 5.41) is 18.9. The van der Waals surface area contributed by atoms with Gasteiger partial charge in [0.25, 0.3) is 10.0 Å². The van der Waals surface area contributed by atoms with Crippen LogP contribution in [0, 0.1) is 16.7 Å². The van der Waals surface area contributed by atoms with E-state index in [1.165, 1.54) is 23.2 Å². The first-order valence-electron chi connectivity index (χ1n) is 11.6. The van der Waals surface area contributed by atoms with Crippen LogP contribution in [0.15, 0.2) is 76.9 Å². The number of benzene rings is 1. The number of likely N-dealkylation sites (N-methyl/N-ethyl adjacent to an activating group) is 1. The van der Waals surface area contributed by atoms with Gasteiger partial charge in [-0.05, 0) is 30.2 Å². The fourth-order valence-electron chi connectivity index (χ4n) is 4.34. The number of nitrogens with zero attached hydrogens (tertiary/aromatic N) is 6. The number of fused-ring (bicyclic) bond motifs is 1. The molecule has 0 saturated carbocycles. The molecular formula is C26H29N7O2S2. The van der Waals surface area contributed by atoms with E-state index in [0.717, 1.165) is 22.6 Å². The number of nitrogens with one attached hydrogen (secondary N) is 1. The number of sulfonamides is 1. The lowest BCUT2D eigenvalue weighted by Crippen LogP contribution is -2.52. The molecule has 1 unspecified atom stereocenters. The third-order valence-electron chi connectivity index (χ3n) is 6.33. The first-order chi connectivity index (χ1) is 17.7. The van der Waals surface area contributed by atoms with Crippen molar-refractivity contribution < 1.29 is 8.42 Å². The van der Waals surface area contributed by atoms with Crippen molar-refractivity contribution in [1.82, 2.24) is 18.8 Å². The second kappa shape index (κ2) is 11.2. The van der Waals surface area contributed by atoms with Gasteiger partial charge in [0.05, 0.1) is 30.8 Å². The van der Waals surface area contributed by atoms with E-state index in [4.69, 9.17) is 5.41 Å². The Kier molecular flexibility index (Phi) is 8.05. The van der Waals surface area contributed by atoms with Gasteiger partial charge in [0.15, 0.2) is 5.03 Å². The maximum Gasteiger partial charge on any atom is 0.262 e. The van der Waals surface area contributed by atoms with E-state index in [1.807, 2.05) is 29.7 Å². The molecule has 2 aliphatic heterocycles. The normalized spacial score (nSPS) is 17.1.